The molecule has 0 spiro atoms. The number of thiocarbonyl (C=S) groups is 1. The summed E-state index contributed by atoms with van der Waals surface area (Å²) in [5.74, 6) is 0.762. The molecule has 0 aromatic heterocycles. The molecule has 0 bridgehead atoms. The quantitative estimate of drug-likeness (QED) is 0.543. The molecule has 2 N–H and O–H groups in total. The fourth-order valence-corrected chi connectivity index (χ4v) is 2.02. The number of hydrogen-bond donors (Lipinski definition) is 2. The predicted molar refractivity (Wildman–Crippen MR) is 70.7 cm³/mol. The third kappa shape index (κ3) is 5.63. The summed E-state index contributed by atoms with van der Waals surface area (Å²) in [7, 11) is 3.87. The van der Waals surface area contributed by atoms with Gasteiger partial charge in [0.1, 0.15) is 0 Å². The van der Waals surface area contributed by atoms with Gasteiger partial charge in [0.15, 0.2) is 5.11 Å². The Hall–Kier alpha value is -0.390. The molecule has 1 aliphatic heterocycles. The van der Waals surface area contributed by atoms with Gasteiger partial charge in [0.25, 0.3) is 0 Å². The summed E-state index contributed by atoms with van der Waals surface area (Å²) in [6, 6.07) is 0. The number of piperidine rings is 1. The molecule has 0 aliphatic carbocycles. The Morgan fingerprint density at radius 3 is 2.69 bits per heavy atom. The van der Waals surface area contributed by atoms with Crippen molar-refractivity contribution in [2.75, 3.05) is 46.9 Å². The van der Waals surface area contributed by atoms with Gasteiger partial charge in [0, 0.05) is 20.2 Å². The molecular formula is C11H23N3OS. The lowest BCUT2D eigenvalue weighted by Gasteiger charge is -2.29. The number of methoxy groups -OCH3 is 1. The van der Waals surface area contributed by atoms with E-state index in [2.05, 4.69) is 22.6 Å². The van der Waals surface area contributed by atoms with E-state index in [1.165, 1.54) is 25.9 Å². The molecule has 1 fully saturated rings. The first-order valence-electron chi connectivity index (χ1n) is 5.91. The van der Waals surface area contributed by atoms with Crippen molar-refractivity contribution in [2.24, 2.45) is 5.92 Å². The monoisotopic (exact) mass is 245 g/mol. The average molecular weight is 245 g/mol. The van der Waals surface area contributed by atoms with Gasteiger partial charge in [0.05, 0.1) is 6.61 Å². The summed E-state index contributed by atoms with van der Waals surface area (Å²) < 4.78 is 4.94. The normalized spacial score (nSPS) is 18.4. The molecule has 0 aromatic carbocycles. The Kier molecular flexibility index (Phi) is 6.68. The van der Waals surface area contributed by atoms with Crippen LogP contribution in [0.2, 0.25) is 0 Å². The lowest BCUT2D eigenvalue weighted by Crippen LogP contribution is -2.41. The highest BCUT2D eigenvalue weighted by Crippen LogP contribution is 2.14. The average Bonchev–Trinajstić information content (AvgIpc) is 2.29. The zero-order valence-electron chi connectivity index (χ0n) is 10.3. The number of likely N-dealkylation sites (tertiary alicyclic amines) is 1. The number of hydrogen-bond acceptors (Lipinski definition) is 3. The highest BCUT2D eigenvalue weighted by Gasteiger charge is 2.16. The maximum atomic E-state index is 5.17. The molecule has 5 heteroatoms. The van der Waals surface area contributed by atoms with Crippen LogP contribution in [0, 0.1) is 5.92 Å². The first kappa shape index (κ1) is 13.7. The van der Waals surface area contributed by atoms with Gasteiger partial charge in [-0.2, -0.15) is 0 Å². The minimum absolute atomic E-state index is 0.691. The van der Waals surface area contributed by atoms with Crippen molar-refractivity contribution < 1.29 is 4.74 Å². The third-order valence-corrected chi connectivity index (χ3v) is 3.27. The fourth-order valence-electron chi connectivity index (χ4n) is 1.83. The Bertz CT molecular complexity index is 205. The SMILES string of the molecule is COCCNC(=S)NCC1CCN(C)CC1. The topological polar surface area (TPSA) is 36.5 Å². The predicted octanol–water partition coefficient (Wildman–Crippen LogP) is 0.439. The van der Waals surface area contributed by atoms with E-state index in [-0.39, 0.29) is 0 Å². The first-order chi connectivity index (χ1) is 7.72. The van der Waals surface area contributed by atoms with Gasteiger partial charge in [-0.05, 0) is 51.1 Å². The lowest BCUT2D eigenvalue weighted by atomic mass is 9.97. The highest BCUT2D eigenvalue weighted by atomic mass is 32.1. The maximum Gasteiger partial charge on any atom is 0.166 e. The van der Waals surface area contributed by atoms with Crippen LogP contribution in [0.5, 0.6) is 0 Å². The molecule has 0 aromatic rings. The molecule has 94 valence electrons. The van der Waals surface area contributed by atoms with Gasteiger partial charge in [-0.15, -0.1) is 0 Å². The van der Waals surface area contributed by atoms with Crippen LogP contribution in [0.4, 0.5) is 0 Å². The molecule has 1 heterocycles. The van der Waals surface area contributed by atoms with Gasteiger partial charge in [0.2, 0.25) is 0 Å². The zero-order chi connectivity index (χ0) is 11.8. The standard InChI is InChI=1S/C11H23N3OS/c1-14-6-3-10(4-7-14)9-13-11(16)12-5-8-15-2/h10H,3-9H2,1-2H3,(H2,12,13,16). The zero-order valence-corrected chi connectivity index (χ0v) is 11.1. The van der Waals surface area contributed by atoms with Crippen molar-refractivity contribution in [2.45, 2.75) is 12.8 Å². The summed E-state index contributed by atoms with van der Waals surface area (Å²) in [6.07, 6.45) is 2.54. The van der Waals surface area contributed by atoms with E-state index >= 15 is 0 Å². The van der Waals surface area contributed by atoms with Crippen molar-refractivity contribution in [3.8, 4) is 0 Å². The van der Waals surface area contributed by atoms with E-state index in [9.17, 15) is 0 Å². The summed E-state index contributed by atoms with van der Waals surface area (Å²) >= 11 is 5.17. The Balaban J connectivity index is 2.03. The second kappa shape index (κ2) is 7.81. The van der Waals surface area contributed by atoms with Gasteiger partial charge < -0.3 is 20.3 Å². The van der Waals surface area contributed by atoms with Crippen LogP contribution >= 0.6 is 12.2 Å². The Labute approximate surface area is 104 Å². The van der Waals surface area contributed by atoms with Crippen LogP contribution in [0.15, 0.2) is 0 Å². The van der Waals surface area contributed by atoms with Crippen molar-refractivity contribution in [3.05, 3.63) is 0 Å². The van der Waals surface area contributed by atoms with E-state index in [1.54, 1.807) is 7.11 Å². The molecule has 0 radical (unpaired) electrons. The van der Waals surface area contributed by atoms with E-state index in [1.807, 2.05) is 0 Å². The molecule has 1 rings (SSSR count). The van der Waals surface area contributed by atoms with Crippen LogP contribution in [-0.2, 0) is 4.74 Å². The fraction of sp³-hybridized carbons (Fsp3) is 0.909. The molecule has 1 aliphatic rings. The van der Waals surface area contributed by atoms with Crippen molar-refractivity contribution in [1.29, 1.82) is 0 Å². The Morgan fingerprint density at radius 2 is 2.06 bits per heavy atom. The summed E-state index contributed by atoms with van der Waals surface area (Å²) in [5, 5.41) is 7.14. The smallest absolute Gasteiger partial charge is 0.166 e. The number of nitrogens with one attached hydrogen (secondary N) is 2. The van der Waals surface area contributed by atoms with E-state index in [4.69, 9.17) is 17.0 Å². The van der Waals surface area contributed by atoms with Crippen LogP contribution < -0.4 is 10.6 Å². The number of rotatable bonds is 5. The van der Waals surface area contributed by atoms with Crippen molar-refractivity contribution >= 4 is 17.3 Å². The molecule has 0 amide bonds. The maximum absolute atomic E-state index is 5.17. The minimum Gasteiger partial charge on any atom is -0.383 e. The van der Waals surface area contributed by atoms with E-state index in [0.29, 0.717) is 6.61 Å². The van der Waals surface area contributed by atoms with Crippen LogP contribution in [0.1, 0.15) is 12.8 Å². The Morgan fingerprint density at radius 1 is 1.38 bits per heavy atom. The van der Waals surface area contributed by atoms with E-state index < -0.39 is 0 Å². The van der Waals surface area contributed by atoms with Crippen LogP contribution in [0.3, 0.4) is 0 Å². The number of nitrogens with zero attached hydrogens (tertiary/aromatic N) is 1. The van der Waals surface area contributed by atoms with Crippen molar-refractivity contribution in [3.63, 3.8) is 0 Å². The number of ether oxygens (including phenoxy) is 1. The van der Waals surface area contributed by atoms with Gasteiger partial charge in [-0.3, -0.25) is 0 Å². The van der Waals surface area contributed by atoms with Gasteiger partial charge in [-0.1, -0.05) is 0 Å². The van der Waals surface area contributed by atoms with Crippen molar-refractivity contribution in [1.82, 2.24) is 15.5 Å². The molecule has 0 unspecified atom stereocenters. The molecule has 0 atom stereocenters. The van der Waals surface area contributed by atoms with E-state index in [0.717, 1.165) is 24.1 Å². The van der Waals surface area contributed by atoms with Crippen LogP contribution in [0.25, 0.3) is 0 Å². The highest BCUT2D eigenvalue weighted by molar-refractivity contribution is 7.80. The molecular weight excluding hydrogens is 222 g/mol. The third-order valence-electron chi connectivity index (χ3n) is 2.98. The summed E-state index contributed by atoms with van der Waals surface area (Å²) in [5.41, 5.74) is 0. The second-order valence-corrected chi connectivity index (χ2v) is 4.78. The molecule has 0 saturated carbocycles. The molecule has 16 heavy (non-hydrogen) atoms. The lowest BCUT2D eigenvalue weighted by molar-refractivity contribution is 0.203. The first-order valence-corrected chi connectivity index (χ1v) is 6.32. The van der Waals surface area contributed by atoms with Gasteiger partial charge >= 0.3 is 0 Å². The second-order valence-electron chi connectivity index (χ2n) is 4.38. The van der Waals surface area contributed by atoms with Crippen LogP contribution in [-0.4, -0.2) is 57.0 Å². The summed E-state index contributed by atoms with van der Waals surface area (Å²) in [6.45, 7) is 4.87. The largest absolute Gasteiger partial charge is 0.383 e. The summed E-state index contributed by atoms with van der Waals surface area (Å²) in [4.78, 5) is 2.38. The molecule has 1 saturated heterocycles. The minimum atomic E-state index is 0.691. The molecule has 4 nitrogen and oxygen atoms in total. The van der Waals surface area contributed by atoms with Gasteiger partial charge in [-0.25, -0.2) is 0 Å².